The highest BCUT2D eigenvalue weighted by Gasteiger charge is 2.15. The van der Waals surface area contributed by atoms with Crippen molar-refractivity contribution in [3.05, 3.63) is 69.8 Å². The fourth-order valence-corrected chi connectivity index (χ4v) is 1.97. The van der Waals surface area contributed by atoms with Crippen molar-refractivity contribution in [3.63, 3.8) is 0 Å². The number of para-hydroxylation sites is 1. The van der Waals surface area contributed by atoms with Gasteiger partial charge in [0, 0.05) is 6.07 Å². The van der Waals surface area contributed by atoms with Crippen molar-refractivity contribution < 1.29 is 19.6 Å². The molecule has 0 atom stereocenters. The summed E-state index contributed by atoms with van der Waals surface area (Å²) in [6, 6.07) is 12.4. The van der Waals surface area contributed by atoms with E-state index in [2.05, 4.69) is 0 Å². The molecule has 0 radical (unpaired) electrons. The molecule has 2 aromatic carbocycles. The van der Waals surface area contributed by atoms with Gasteiger partial charge in [0.15, 0.2) is 0 Å². The number of benzene rings is 2. The Labute approximate surface area is 126 Å². The average molecular weight is 299 g/mol. The molecule has 0 saturated carbocycles. The van der Waals surface area contributed by atoms with Crippen LogP contribution in [-0.2, 0) is 4.79 Å². The average Bonchev–Trinajstić information content (AvgIpc) is 2.52. The van der Waals surface area contributed by atoms with Crippen LogP contribution < -0.4 is 4.74 Å². The second-order valence-corrected chi connectivity index (χ2v) is 4.41. The van der Waals surface area contributed by atoms with Crippen molar-refractivity contribution in [2.75, 3.05) is 7.11 Å². The van der Waals surface area contributed by atoms with Crippen LogP contribution in [0.3, 0.4) is 0 Å². The summed E-state index contributed by atoms with van der Waals surface area (Å²) >= 11 is 0. The molecule has 0 bridgehead atoms. The topological polar surface area (TPSA) is 89.7 Å². The molecule has 2 aromatic rings. The van der Waals surface area contributed by atoms with E-state index in [1.54, 1.807) is 30.3 Å². The van der Waals surface area contributed by atoms with Crippen LogP contribution in [0, 0.1) is 10.1 Å². The minimum Gasteiger partial charge on any atom is -0.497 e. The number of hydrogen-bond donors (Lipinski definition) is 1. The van der Waals surface area contributed by atoms with E-state index < -0.39 is 10.9 Å². The number of carbonyl (C=O) groups is 1. The number of nitro groups is 1. The standard InChI is InChI=1S/C16H13NO5/c1-22-13-8-6-11(7-9-13)14(16(18)19)10-12-4-2-3-5-15(12)17(20)21/h2-10H,1H3,(H,18,19)/b14-10+. The second-order valence-electron chi connectivity index (χ2n) is 4.41. The highest BCUT2D eigenvalue weighted by molar-refractivity contribution is 6.20. The molecule has 0 saturated heterocycles. The fourth-order valence-electron chi connectivity index (χ4n) is 1.97. The Morgan fingerprint density at radius 2 is 1.82 bits per heavy atom. The van der Waals surface area contributed by atoms with Gasteiger partial charge in [0.05, 0.1) is 23.2 Å². The molecule has 1 N–H and O–H groups in total. The number of nitro benzene ring substituents is 1. The van der Waals surface area contributed by atoms with Crippen LogP contribution in [0.4, 0.5) is 5.69 Å². The lowest BCUT2D eigenvalue weighted by molar-refractivity contribution is -0.385. The van der Waals surface area contributed by atoms with Gasteiger partial charge in [-0.3, -0.25) is 10.1 Å². The van der Waals surface area contributed by atoms with Crippen molar-refractivity contribution in [3.8, 4) is 5.75 Å². The fraction of sp³-hybridized carbons (Fsp3) is 0.0625. The van der Waals surface area contributed by atoms with E-state index in [0.29, 0.717) is 11.3 Å². The lowest BCUT2D eigenvalue weighted by Crippen LogP contribution is -2.00. The summed E-state index contributed by atoms with van der Waals surface area (Å²) in [5.74, 6) is -0.567. The Morgan fingerprint density at radius 1 is 1.18 bits per heavy atom. The molecule has 0 heterocycles. The van der Waals surface area contributed by atoms with Gasteiger partial charge >= 0.3 is 5.97 Å². The summed E-state index contributed by atoms with van der Waals surface area (Å²) in [6.45, 7) is 0. The van der Waals surface area contributed by atoms with Gasteiger partial charge in [-0.25, -0.2) is 4.79 Å². The highest BCUT2D eigenvalue weighted by Crippen LogP contribution is 2.26. The Balaban J connectivity index is 2.52. The van der Waals surface area contributed by atoms with Crippen molar-refractivity contribution in [1.82, 2.24) is 0 Å². The molecule has 0 aliphatic heterocycles. The molecule has 0 aliphatic carbocycles. The zero-order valence-electron chi connectivity index (χ0n) is 11.7. The largest absolute Gasteiger partial charge is 0.497 e. The molecule has 22 heavy (non-hydrogen) atoms. The third-order valence-corrected chi connectivity index (χ3v) is 3.06. The van der Waals surface area contributed by atoms with E-state index in [1.165, 1.54) is 31.4 Å². The first kappa shape index (κ1) is 15.2. The van der Waals surface area contributed by atoms with E-state index >= 15 is 0 Å². The van der Waals surface area contributed by atoms with Gasteiger partial charge < -0.3 is 9.84 Å². The predicted octanol–water partition coefficient (Wildman–Crippen LogP) is 3.23. The molecule has 0 spiro atoms. The summed E-state index contributed by atoms with van der Waals surface area (Å²) < 4.78 is 5.02. The first-order valence-electron chi connectivity index (χ1n) is 6.35. The smallest absolute Gasteiger partial charge is 0.336 e. The highest BCUT2D eigenvalue weighted by atomic mass is 16.6. The monoisotopic (exact) mass is 299 g/mol. The lowest BCUT2D eigenvalue weighted by atomic mass is 10.0. The third-order valence-electron chi connectivity index (χ3n) is 3.06. The summed E-state index contributed by atoms with van der Waals surface area (Å²) in [5.41, 5.74) is 0.499. The molecule has 6 heteroatoms. The number of aliphatic carboxylic acids is 1. The Kier molecular flexibility index (Phi) is 4.53. The van der Waals surface area contributed by atoms with Crippen molar-refractivity contribution >= 4 is 23.3 Å². The van der Waals surface area contributed by atoms with Gasteiger partial charge in [0.2, 0.25) is 0 Å². The minimum absolute atomic E-state index is 0.0306. The van der Waals surface area contributed by atoms with Gasteiger partial charge in [0.25, 0.3) is 5.69 Å². The van der Waals surface area contributed by atoms with Crippen molar-refractivity contribution in [1.29, 1.82) is 0 Å². The van der Waals surface area contributed by atoms with Crippen LogP contribution in [0.2, 0.25) is 0 Å². The molecule has 2 rings (SSSR count). The molecule has 0 amide bonds. The van der Waals surface area contributed by atoms with Gasteiger partial charge in [-0.05, 0) is 29.8 Å². The quantitative estimate of drug-likeness (QED) is 0.396. The van der Waals surface area contributed by atoms with Crippen LogP contribution in [-0.4, -0.2) is 23.1 Å². The van der Waals surface area contributed by atoms with E-state index in [-0.39, 0.29) is 16.8 Å². The first-order valence-corrected chi connectivity index (χ1v) is 6.35. The molecule has 112 valence electrons. The van der Waals surface area contributed by atoms with Gasteiger partial charge in [0.1, 0.15) is 5.75 Å². The molecule has 0 aromatic heterocycles. The maximum absolute atomic E-state index is 11.5. The molecule has 6 nitrogen and oxygen atoms in total. The maximum Gasteiger partial charge on any atom is 0.336 e. The zero-order valence-corrected chi connectivity index (χ0v) is 11.7. The number of nitrogens with zero attached hydrogens (tertiary/aromatic N) is 1. The molecule has 0 fully saturated rings. The maximum atomic E-state index is 11.5. The van der Waals surface area contributed by atoms with Crippen LogP contribution in [0.5, 0.6) is 5.75 Å². The number of rotatable bonds is 5. The summed E-state index contributed by atoms with van der Waals surface area (Å²) in [7, 11) is 1.51. The molecule has 0 aliphatic rings. The predicted molar refractivity (Wildman–Crippen MR) is 81.6 cm³/mol. The number of ether oxygens (including phenoxy) is 1. The summed E-state index contributed by atoms with van der Waals surface area (Å²) in [5, 5.41) is 20.4. The summed E-state index contributed by atoms with van der Waals surface area (Å²) in [4.78, 5) is 21.9. The SMILES string of the molecule is COc1ccc(/C(=C\c2ccccc2[N+](=O)[O-])C(=O)O)cc1. The Bertz CT molecular complexity index is 734. The van der Waals surface area contributed by atoms with E-state index in [4.69, 9.17) is 4.74 Å². The van der Waals surface area contributed by atoms with Crippen LogP contribution in [0.15, 0.2) is 48.5 Å². The van der Waals surface area contributed by atoms with E-state index in [9.17, 15) is 20.0 Å². The second kappa shape index (κ2) is 6.53. The van der Waals surface area contributed by atoms with Gasteiger partial charge in [-0.15, -0.1) is 0 Å². The minimum atomic E-state index is -1.16. The normalized spacial score (nSPS) is 11.0. The molecular weight excluding hydrogens is 286 g/mol. The first-order chi connectivity index (χ1) is 10.5. The molecular formula is C16H13NO5. The number of carboxylic acids is 1. The lowest BCUT2D eigenvalue weighted by Gasteiger charge is -2.05. The summed E-state index contributed by atoms with van der Waals surface area (Å²) in [6.07, 6.45) is 1.29. The van der Waals surface area contributed by atoms with Crippen molar-refractivity contribution in [2.45, 2.75) is 0 Å². The Morgan fingerprint density at radius 3 is 2.36 bits per heavy atom. The Hall–Kier alpha value is -3.15. The van der Waals surface area contributed by atoms with E-state index in [1.807, 2.05) is 0 Å². The van der Waals surface area contributed by atoms with Gasteiger partial charge in [-0.1, -0.05) is 24.3 Å². The number of hydrogen-bond acceptors (Lipinski definition) is 4. The number of methoxy groups -OCH3 is 1. The zero-order chi connectivity index (χ0) is 16.1. The number of carboxylic acid groups (broad SMARTS) is 1. The van der Waals surface area contributed by atoms with Crippen LogP contribution >= 0.6 is 0 Å². The van der Waals surface area contributed by atoms with Crippen LogP contribution in [0.25, 0.3) is 11.6 Å². The third kappa shape index (κ3) is 3.29. The molecule has 0 unspecified atom stereocenters. The van der Waals surface area contributed by atoms with Crippen LogP contribution in [0.1, 0.15) is 11.1 Å². The van der Waals surface area contributed by atoms with Gasteiger partial charge in [-0.2, -0.15) is 0 Å². The van der Waals surface area contributed by atoms with Crippen molar-refractivity contribution in [2.24, 2.45) is 0 Å². The van der Waals surface area contributed by atoms with E-state index in [0.717, 1.165) is 0 Å².